The van der Waals surface area contributed by atoms with Gasteiger partial charge in [-0.05, 0) is 25.0 Å². The van der Waals surface area contributed by atoms with E-state index < -0.39 is 0 Å². The number of rotatable bonds is 3. The molecule has 2 amide bonds. The second-order valence-electron chi connectivity index (χ2n) is 6.43. The zero-order chi connectivity index (χ0) is 17.2. The number of benzene rings is 1. The van der Waals surface area contributed by atoms with Crippen molar-refractivity contribution in [2.75, 3.05) is 29.9 Å². The highest BCUT2D eigenvalue weighted by Crippen LogP contribution is 2.29. The van der Waals surface area contributed by atoms with Crippen molar-refractivity contribution < 1.29 is 9.90 Å². The van der Waals surface area contributed by atoms with Gasteiger partial charge in [0.15, 0.2) is 0 Å². The van der Waals surface area contributed by atoms with Gasteiger partial charge in [-0.3, -0.25) is 0 Å². The number of carbonyl (C=O) groups excluding carboxylic acids is 1. The Morgan fingerprint density at radius 3 is 2.76 bits per heavy atom. The summed E-state index contributed by atoms with van der Waals surface area (Å²) in [4.78, 5) is 16.8. The molecule has 1 fully saturated rings. The van der Waals surface area contributed by atoms with E-state index in [4.69, 9.17) is 0 Å². The van der Waals surface area contributed by atoms with Crippen LogP contribution < -0.4 is 10.2 Å². The van der Waals surface area contributed by atoms with Crippen LogP contribution in [0, 0.1) is 0 Å². The number of hydrogen-bond donors (Lipinski definition) is 2. The predicted octanol–water partition coefficient (Wildman–Crippen LogP) is 1.42. The molecule has 0 aliphatic carbocycles. The molecule has 1 saturated heterocycles. The Kier molecular flexibility index (Phi) is 4.27. The van der Waals surface area contributed by atoms with Gasteiger partial charge in [0, 0.05) is 19.6 Å². The lowest BCUT2D eigenvalue weighted by Crippen LogP contribution is -2.41. The third-order valence-electron chi connectivity index (χ3n) is 4.87. The number of fused-ring (bicyclic) bond motifs is 1. The lowest BCUT2D eigenvalue weighted by molar-refractivity contribution is 0.193. The fourth-order valence-electron chi connectivity index (χ4n) is 3.50. The largest absolute Gasteiger partial charge is 0.390 e. The summed E-state index contributed by atoms with van der Waals surface area (Å²) in [6, 6.07) is 7.81. The first-order chi connectivity index (χ1) is 12.3. The second kappa shape index (κ2) is 6.72. The molecule has 8 heteroatoms. The highest BCUT2D eigenvalue weighted by atomic mass is 16.3. The van der Waals surface area contributed by atoms with E-state index in [1.54, 1.807) is 9.58 Å². The van der Waals surface area contributed by atoms with Crippen LogP contribution in [0.25, 0.3) is 0 Å². The molecule has 0 spiro atoms. The van der Waals surface area contributed by atoms with Gasteiger partial charge in [0.25, 0.3) is 0 Å². The fourth-order valence-corrected chi connectivity index (χ4v) is 3.50. The van der Waals surface area contributed by atoms with E-state index >= 15 is 0 Å². The Morgan fingerprint density at radius 2 is 1.96 bits per heavy atom. The van der Waals surface area contributed by atoms with Crippen LogP contribution in [0.1, 0.15) is 24.2 Å². The molecule has 2 aliphatic rings. The zero-order valence-electron chi connectivity index (χ0n) is 14.1. The van der Waals surface area contributed by atoms with Crippen molar-refractivity contribution in [2.24, 2.45) is 0 Å². The van der Waals surface area contributed by atoms with Crippen molar-refractivity contribution in [3.63, 3.8) is 0 Å². The molecular formula is C17H22N6O2. The van der Waals surface area contributed by atoms with Crippen molar-refractivity contribution in [3.8, 4) is 0 Å². The van der Waals surface area contributed by atoms with Crippen LogP contribution in [0.5, 0.6) is 0 Å². The van der Waals surface area contributed by atoms with Gasteiger partial charge in [0.1, 0.15) is 5.69 Å². The highest BCUT2D eigenvalue weighted by molar-refractivity contribution is 5.93. The molecule has 132 valence electrons. The highest BCUT2D eigenvalue weighted by Gasteiger charge is 2.25. The topological polar surface area (TPSA) is 86.5 Å². The minimum atomic E-state index is -0.164. The maximum Gasteiger partial charge on any atom is 0.322 e. The standard InChI is InChI=1S/C17H22N6O2/c24-12-14-16-11-22(9-10-23(16)20-19-14)17(25)18-13-5-1-2-6-15(13)21-7-3-4-8-21/h1-2,5-6,24H,3-4,7-12H2,(H,18,25). The lowest BCUT2D eigenvalue weighted by atomic mass is 10.2. The Morgan fingerprint density at radius 1 is 1.16 bits per heavy atom. The number of nitrogens with one attached hydrogen (secondary N) is 1. The molecule has 2 N–H and O–H groups in total. The summed E-state index contributed by atoms with van der Waals surface area (Å²) in [5.41, 5.74) is 3.26. The third kappa shape index (κ3) is 3.05. The maximum atomic E-state index is 12.7. The first kappa shape index (κ1) is 15.9. The third-order valence-corrected chi connectivity index (χ3v) is 4.87. The van der Waals surface area contributed by atoms with Crippen molar-refractivity contribution in [3.05, 3.63) is 35.7 Å². The van der Waals surface area contributed by atoms with Crippen LogP contribution in [0.15, 0.2) is 24.3 Å². The monoisotopic (exact) mass is 342 g/mol. The quantitative estimate of drug-likeness (QED) is 0.881. The predicted molar refractivity (Wildman–Crippen MR) is 93.3 cm³/mol. The van der Waals surface area contributed by atoms with Gasteiger partial charge >= 0.3 is 6.03 Å². The molecule has 2 aromatic rings. The molecule has 0 unspecified atom stereocenters. The van der Waals surface area contributed by atoms with Gasteiger partial charge < -0.3 is 20.2 Å². The molecule has 1 aromatic heterocycles. The molecular weight excluding hydrogens is 320 g/mol. The summed E-state index contributed by atoms with van der Waals surface area (Å²) in [5.74, 6) is 0. The Balaban J connectivity index is 1.50. The minimum Gasteiger partial charge on any atom is -0.390 e. The van der Waals surface area contributed by atoms with Gasteiger partial charge in [-0.1, -0.05) is 17.3 Å². The number of aliphatic hydroxyl groups is 1. The summed E-state index contributed by atoms with van der Waals surface area (Å²) in [6.45, 7) is 3.45. The van der Waals surface area contributed by atoms with Crippen molar-refractivity contribution in [1.82, 2.24) is 19.9 Å². The number of aromatic nitrogens is 3. The fraction of sp³-hybridized carbons (Fsp3) is 0.471. The van der Waals surface area contributed by atoms with Crippen molar-refractivity contribution in [2.45, 2.75) is 32.5 Å². The molecule has 0 radical (unpaired) electrons. The van der Waals surface area contributed by atoms with E-state index in [1.807, 2.05) is 18.2 Å². The van der Waals surface area contributed by atoms with Gasteiger partial charge in [-0.2, -0.15) is 0 Å². The number of nitrogens with zero attached hydrogens (tertiary/aromatic N) is 5. The Labute approximate surface area is 146 Å². The van der Waals surface area contributed by atoms with E-state index in [-0.39, 0.29) is 12.6 Å². The summed E-state index contributed by atoms with van der Waals surface area (Å²) in [5, 5.41) is 20.4. The summed E-state index contributed by atoms with van der Waals surface area (Å²) in [6.07, 6.45) is 2.38. The molecule has 0 atom stereocenters. The van der Waals surface area contributed by atoms with E-state index in [0.29, 0.717) is 25.3 Å². The van der Waals surface area contributed by atoms with Crippen LogP contribution in [0.3, 0.4) is 0 Å². The Hall–Kier alpha value is -2.61. The molecule has 4 rings (SSSR count). The van der Waals surface area contributed by atoms with Gasteiger partial charge in [-0.15, -0.1) is 5.10 Å². The van der Waals surface area contributed by atoms with Crippen LogP contribution >= 0.6 is 0 Å². The molecule has 3 heterocycles. The summed E-state index contributed by atoms with van der Waals surface area (Å²) < 4.78 is 1.76. The molecule has 1 aromatic carbocycles. The number of urea groups is 1. The molecule has 25 heavy (non-hydrogen) atoms. The maximum absolute atomic E-state index is 12.7. The first-order valence-corrected chi connectivity index (χ1v) is 8.68. The minimum absolute atomic E-state index is 0.136. The number of anilines is 2. The van der Waals surface area contributed by atoms with Gasteiger partial charge in [0.2, 0.25) is 0 Å². The smallest absolute Gasteiger partial charge is 0.322 e. The van der Waals surface area contributed by atoms with Crippen molar-refractivity contribution in [1.29, 1.82) is 0 Å². The Bertz CT molecular complexity index is 755. The normalized spacial score (nSPS) is 16.8. The summed E-state index contributed by atoms with van der Waals surface area (Å²) >= 11 is 0. The average molecular weight is 342 g/mol. The average Bonchev–Trinajstić information content (AvgIpc) is 3.31. The van der Waals surface area contributed by atoms with Crippen molar-refractivity contribution >= 4 is 17.4 Å². The van der Waals surface area contributed by atoms with E-state index in [2.05, 4.69) is 26.6 Å². The number of hydrogen-bond acceptors (Lipinski definition) is 5. The molecule has 0 saturated carbocycles. The molecule has 8 nitrogen and oxygen atoms in total. The lowest BCUT2D eigenvalue weighted by Gasteiger charge is -2.29. The molecule has 0 bridgehead atoms. The van der Waals surface area contributed by atoms with Crippen LogP contribution in [0.4, 0.5) is 16.2 Å². The first-order valence-electron chi connectivity index (χ1n) is 8.68. The number of carbonyl (C=O) groups is 1. The van der Waals surface area contributed by atoms with Gasteiger partial charge in [0.05, 0.1) is 36.8 Å². The van der Waals surface area contributed by atoms with E-state index in [9.17, 15) is 9.90 Å². The second-order valence-corrected chi connectivity index (χ2v) is 6.43. The van der Waals surface area contributed by atoms with E-state index in [0.717, 1.165) is 30.2 Å². The van der Waals surface area contributed by atoms with Crippen LogP contribution in [-0.2, 0) is 19.7 Å². The van der Waals surface area contributed by atoms with Gasteiger partial charge in [-0.25, -0.2) is 9.48 Å². The number of para-hydroxylation sites is 2. The SMILES string of the molecule is O=C(Nc1ccccc1N1CCCC1)N1CCn2nnc(CO)c2C1. The summed E-state index contributed by atoms with van der Waals surface area (Å²) in [7, 11) is 0. The number of aliphatic hydroxyl groups excluding tert-OH is 1. The zero-order valence-corrected chi connectivity index (χ0v) is 14.1. The van der Waals surface area contributed by atoms with Crippen LogP contribution in [-0.4, -0.2) is 50.7 Å². The van der Waals surface area contributed by atoms with E-state index in [1.165, 1.54) is 12.8 Å². The van der Waals surface area contributed by atoms with Crippen LogP contribution in [0.2, 0.25) is 0 Å². The number of amides is 2. The molecule has 2 aliphatic heterocycles.